The molecule has 0 amide bonds. The number of halogens is 1. The number of likely N-dealkylation sites (N-methyl/N-ethyl adjacent to an activating group) is 2. The van der Waals surface area contributed by atoms with E-state index in [9.17, 15) is 0 Å². The minimum atomic E-state index is 0.0767. The van der Waals surface area contributed by atoms with E-state index in [0.717, 1.165) is 36.6 Å². The minimum absolute atomic E-state index is 0.0767. The quantitative estimate of drug-likeness (QED) is 0.800. The Morgan fingerprint density at radius 3 is 2.30 bits per heavy atom. The second-order valence-corrected chi connectivity index (χ2v) is 6.12. The molecular formula is C16H28ClN3. The molecule has 0 aromatic heterocycles. The van der Waals surface area contributed by atoms with Crippen molar-refractivity contribution in [2.24, 2.45) is 5.73 Å². The second-order valence-electron chi connectivity index (χ2n) is 5.69. The summed E-state index contributed by atoms with van der Waals surface area (Å²) in [6.45, 7) is 7.64. The zero-order valence-corrected chi connectivity index (χ0v) is 13.9. The van der Waals surface area contributed by atoms with Crippen molar-refractivity contribution < 1.29 is 0 Å². The lowest BCUT2D eigenvalue weighted by Gasteiger charge is -2.30. The first kappa shape index (κ1) is 17.4. The Kier molecular flexibility index (Phi) is 7.52. The summed E-state index contributed by atoms with van der Waals surface area (Å²) in [6, 6.07) is 8.48. The number of nitrogens with zero attached hydrogens (tertiary/aromatic N) is 2. The van der Waals surface area contributed by atoms with E-state index >= 15 is 0 Å². The fraction of sp³-hybridized carbons (Fsp3) is 0.625. The van der Waals surface area contributed by atoms with Gasteiger partial charge in [-0.2, -0.15) is 0 Å². The molecule has 1 aromatic rings. The zero-order valence-electron chi connectivity index (χ0n) is 13.1. The van der Waals surface area contributed by atoms with Crippen LogP contribution in [-0.4, -0.2) is 49.6 Å². The maximum atomic E-state index is 6.27. The summed E-state index contributed by atoms with van der Waals surface area (Å²) in [6.07, 6.45) is 0.966. The van der Waals surface area contributed by atoms with Gasteiger partial charge in [-0.05, 0) is 51.7 Å². The molecule has 0 saturated carbocycles. The molecule has 2 atom stereocenters. The van der Waals surface area contributed by atoms with E-state index in [-0.39, 0.29) is 6.04 Å². The molecule has 1 aromatic carbocycles. The van der Waals surface area contributed by atoms with Crippen molar-refractivity contribution in [3.63, 3.8) is 0 Å². The van der Waals surface area contributed by atoms with Crippen molar-refractivity contribution in [2.45, 2.75) is 32.4 Å². The molecule has 20 heavy (non-hydrogen) atoms. The van der Waals surface area contributed by atoms with Gasteiger partial charge in [0.1, 0.15) is 0 Å². The van der Waals surface area contributed by atoms with Crippen LogP contribution in [0.2, 0.25) is 5.02 Å². The third kappa shape index (κ3) is 5.80. The lowest BCUT2D eigenvalue weighted by Crippen LogP contribution is -2.41. The molecule has 0 saturated heterocycles. The standard InChI is InChI=1S/C16H28ClN3/c1-5-20(13(2)12-19(3)4)11-10-16(18)14-6-8-15(17)9-7-14/h6-9,13,16H,5,10-12,18H2,1-4H3. The smallest absolute Gasteiger partial charge is 0.0406 e. The summed E-state index contributed by atoms with van der Waals surface area (Å²) in [5, 5.41) is 0.760. The van der Waals surface area contributed by atoms with Crippen molar-refractivity contribution in [3.8, 4) is 0 Å². The first-order valence-corrected chi connectivity index (χ1v) is 7.71. The predicted octanol–water partition coefficient (Wildman–Crippen LogP) is 3.00. The fourth-order valence-corrected chi connectivity index (χ4v) is 2.64. The average molecular weight is 298 g/mol. The van der Waals surface area contributed by atoms with Gasteiger partial charge in [-0.1, -0.05) is 30.7 Å². The Morgan fingerprint density at radius 2 is 1.80 bits per heavy atom. The van der Waals surface area contributed by atoms with E-state index in [4.69, 9.17) is 17.3 Å². The molecule has 0 radical (unpaired) electrons. The molecule has 2 N–H and O–H groups in total. The molecule has 4 heteroatoms. The molecule has 0 fully saturated rings. The van der Waals surface area contributed by atoms with Gasteiger partial charge in [0.25, 0.3) is 0 Å². The van der Waals surface area contributed by atoms with Crippen LogP contribution in [0.5, 0.6) is 0 Å². The SMILES string of the molecule is CCN(CCC(N)c1ccc(Cl)cc1)C(C)CN(C)C. The third-order valence-electron chi connectivity index (χ3n) is 3.68. The lowest BCUT2D eigenvalue weighted by molar-refractivity contribution is 0.176. The average Bonchev–Trinajstić information content (AvgIpc) is 2.39. The summed E-state index contributed by atoms with van der Waals surface area (Å²) >= 11 is 5.90. The van der Waals surface area contributed by atoms with Crippen molar-refractivity contribution in [1.29, 1.82) is 0 Å². The summed E-state index contributed by atoms with van der Waals surface area (Å²) < 4.78 is 0. The predicted molar refractivity (Wildman–Crippen MR) is 88.3 cm³/mol. The van der Waals surface area contributed by atoms with Gasteiger partial charge in [0.05, 0.1) is 0 Å². The van der Waals surface area contributed by atoms with Gasteiger partial charge in [-0.15, -0.1) is 0 Å². The summed E-state index contributed by atoms with van der Waals surface area (Å²) in [4.78, 5) is 4.71. The first-order chi connectivity index (χ1) is 9.43. The Labute approximate surface area is 128 Å². The van der Waals surface area contributed by atoms with Gasteiger partial charge in [0.2, 0.25) is 0 Å². The topological polar surface area (TPSA) is 32.5 Å². The van der Waals surface area contributed by atoms with Crippen LogP contribution in [0, 0.1) is 0 Å². The highest BCUT2D eigenvalue weighted by Gasteiger charge is 2.14. The van der Waals surface area contributed by atoms with Crippen LogP contribution >= 0.6 is 11.6 Å². The highest BCUT2D eigenvalue weighted by Crippen LogP contribution is 2.18. The van der Waals surface area contributed by atoms with E-state index in [1.807, 2.05) is 24.3 Å². The largest absolute Gasteiger partial charge is 0.324 e. The summed E-state index contributed by atoms with van der Waals surface area (Å²) in [7, 11) is 4.23. The molecule has 1 rings (SSSR count). The van der Waals surface area contributed by atoms with Gasteiger partial charge in [0.15, 0.2) is 0 Å². The van der Waals surface area contributed by atoms with E-state index in [1.54, 1.807) is 0 Å². The third-order valence-corrected chi connectivity index (χ3v) is 3.94. The number of hydrogen-bond acceptors (Lipinski definition) is 3. The maximum absolute atomic E-state index is 6.27. The Morgan fingerprint density at radius 1 is 1.20 bits per heavy atom. The van der Waals surface area contributed by atoms with Crippen molar-refractivity contribution in [1.82, 2.24) is 9.80 Å². The maximum Gasteiger partial charge on any atom is 0.0406 e. The van der Waals surface area contributed by atoms with Crippen molar-refractivity contribution in [3.05, 3.63) is 34.9 Å². The van der Waals surface area contributed by atoms with Crippen LogP contribution < -0.4 is 5.73 Å². The Hall–Kier alpha value is -0.610. The first-order valence-electron chi connectivity index (χ1n) is 7.33. The molecule has 114 valence electrons. The van der Waals surface area contributed by atoms with Crippen LogP contribution in [0.4, 0.5) is 0 Å². The molecule has 0 aliphatic rings. The Balaban J connectivity index is 2.49. The van der Waals surface area contributed by atoms with Crippen LogP contribution in [0.1, 0.15) is 31.9 Å². The molecule has 3 nitrogen and oxygen atoms in total. The molecule has 0 spiro atoms. The summed E-state index contributed by atoms with van der Waals surface area (Å²) in [5.74, 6) is 0. The molecule has 0 bridgehead atoms. The van der Waals surface area contributed by atoms with Crippen LogP contribution in [-0.2, 0) is 0 Å². The molecule has 0 aliphatic heterocycles. The van der Waals surface area contributed by atoms with Gasteiger partial charge < -0.3 is 10.6 Å². The number of nitrogens with two attached hydrogens (primary N) is 1. The van der Waals surface area contributed by atoms with Gasteiger partial charge >= 0.3 is 0 Å². The lowest BCUT2D eigenvalue weighted by atomic mass is 10.0. The van der Waals surface area contributed by atoms with Gasteiger partial charge in [-0.3, -0.25) is 4.90 Å². The van der Waals surface area contributed by atoms with Gasteiger partial charge in [-0.25, -0.2) is 0 Å². The van der Waals surface area contributed by atoms with Crippen molar-refractivity contribution >= 4 is 11.6 Å². The highest BCUT2D eigenvalue weighted by molar-refractivity contribution is 6.30. The normalized spacial score (nSPS) is 14.8. The van der Waals surface area contributed by atoms with Crippen LogP contribution in [0.3, 0.4) is 0 Å². The Bertz CT molecular complexity index is 378. The van der Waals surface area contributed by atoms with Crippen LogP contribution in [0.25, 0.3) is 0 Å². The number of benzene rings is 1. The zero-order chi connectivity index (χ0) is 15.1. The van der Waals surface area contributed by atoms with Crippen LogP contribution in [0.15, 0.2) is 24.3 Å². The second kappa shape index (κ2) is 8.63. The molecule has 0 aliphatic carbocycles. The van der Waals surface area contributed by atoms with Gasteiger partial charge in [0, 0.05) is 30.2 Å². The monoisotopic (exact) mass is 297 g/mol. The molecule has 0 heterocycles. The fourth-order valence-electron chi connectivity index (χ4n) is 2.52. The molecular weight excluding hydrogens is 270 g/mol. The van der Waals surface area contributed by atoms with Crippen molar-refractivity contribution in [2.75, 3.05) is 33.7 Å². The van der Waals surface area contributed by atoms with E-state index < -0.39 is 0 Å². The van der Waals surface area contributed by atoms with E-state index in [0.29, 0.717) is 6.04 Å². The number of hydrogen-bond donors (Lipinski definition) is 1. The van der Waals surface area contributed by atoms with E-state index in [2.05, 4.69) is 37.7 Å². The number of rotatable bonds is 8. The highest BCUT2D eigenvalue weighted by atomic mass is 35.5. The van der Waals surface area contributed by atoms with E-state index in [1.165, 1.54) is 0 Å². The summed E-state index contributed by atoms with van der Waals surface area (Å²) in [5.41, 5.74) is 7.43. The molecule has 2 unspecified atom stereocenters. The minimum Gasteiger partial charge on any atom is -0.324 e.